The smallest absolute Gasteiger partial charge is 0.121 e. The molecule has 0 aliphatic heterocycles. The molecular weight excluding hydrogens is 518 g/mol. The maximum atomic E-state index is 6.14. The lowest BCUT2D eigenvalue weighted by Crippen LogP contribution is -2.25. The summed E-state index contributed by atoms with van der Waals surface area (Å²) < 4.78 is 14.5. The van der Waals surface area contributed by atoms with Gasteiger partial charge in [-0.05, 0) is 79.9 Å². The van der Waals surface area contributed by atoms with Crippen LogP contribution in [0.1, 0.15) is 57.0 Å². The van der Waals surface area contributed by atoms with Gasteiger partial charge in [-0.25, -0.2) is 4.98 Å². The van der Waals surface area contributed by atoms with Crippen molar-refractivity contribution in [1.29, 1.82) is 0 Å². The second-order valence-electron chi connectivity index (χ2n) is 10.3. The number of unbranched alkanes of at least 4 members (excludes halogenated alkanes) is 1. The quantitative estimate of drug-likeness (QED) is 0.122. The van der Waals surface area contributed by atoms with Gasteiger partial charge < -0.3 is 18.9 Å². The largest absolute Gasteiger partial charge is 0.493 e. The summed E-state index contributed by atoms with van der Waals surface area (Å²) in [5, 5.41) is 0.761. The summed E-state index contributed by atoms with van der Waals surface area (Å²) in [7, 11) is 0. The molecule has 214 valence electrons. The van der Waals surface area contributed by atoms with Gasteiger partial charge in [-0.2, -0.15) is 0 Å². The summed E-state index contributed by atoms with van der Waals surface area (Å²) in [5.41, 5.74) is 4.73. The van der Waals surface area contributed by atoms with E-state index in [0.29, 0.717) is 6.61 Å². The zero-order chi connectivity index (χ0) is 28.2. The van der Waals surface area contributed by atoms with E-state index in [1.165, 1.54) is 16.6 Å². The van der Waals surface area contributed by atoms with Crippen molar-refractivity contribution in [2.75, 3.05) is 32.8 Å². The molecule has 4 rings (SSSR count). The van der Waals surface area contributed by atoms with Gasteiger partial charge >= 0.3 is 0 Å². The predicted octanol–water partition coefficient (Wildman–Crippen LogP) is 8.01. The summed E-state index contributed by atoms with van der Waals surface area (Å²) in [6.45, 7) is 12.3. The van der Waals surface area contributed by atoms with Crippen LogP contribution >= 0.6 is 11.6 Å². The van der Waals surface area contributed by atoms with Gasteiger partial charge in [0.25, 0.3) is 0 Å². The lowest BCUT2D eigenvalue weighted by molar-refractivity contribution is 0.249. The van der Waals surface area contributed by atoms with Gasteiger partial charge in [0.05, 0.1) is 24.2 Å². The van der Waals surface area contributed by atoms with Crippen LogP contribution in [0.25, 0.3) is 11.0 Å². The van der Waals surface area contributed by atoms with E-state index in [4.69, 9.17) is 26.1 Å². The molecule has 4 aromatic rings. The van der Waals surface area contributed by atoms with Crippen LogP contribution in [0, 0.1) is 0 Å². The van der Waals surface area contributed by atoms with E-state index in [0.717, 1.165) is 99.2 Å². The molecule has 0 spiro atoms. The highest BCUT2D eigenvalue weighted by molar-refractivity contribution is 6.30. The molecule has 0 atom stereocenters. The highest BCUT2D eigenvalue weighted by Gasteiger charge is 2.12. The summed E-state index contributed by atoms with van der Waals surface area (Å²) in [4.78, 5) is 7.46. The highest BCUT2D eigenvalue weighted by atomic mass is 35.5. The van der Waals surface area contributed by atoms with Gasteiger partial charge in [0.2, 0.25) is 0 Å². The SMILES string of the molecule is CCCCn1c(CCc2ccc(OCCc3ccc(Cl)cc3)cc2)nc2ccc(OCCCN(CC)CC)cc21. The first kappa shape index (κ1) is 30.0. The van der Waals surface area contributed by atoms with Gasteiger partial charge in [-0.15, -0.1) is 0 Å². The fourth-order valence-electron chi connectivity index (χ4n) is 4.96. The van der Waals surface area contributed by atoms with Crippen LogP contribution in [-0.2, 0) is 25.8 Å². The summed E-state index contributed by atoms with van der Waals surface area (Å²) in [6.07, 6.45) is 6.02. The normalized spacial score (nSPS) is 11.4. The average Bonchev–Trinajstić information content (AvgIpc) is 3.33. The van der Waals surface area contributed by atoms with E-state index < -0.39 is 0 Å². The van der Waals surface area contributed by atoms with Crippen molar-refractivity contribution in [3.8, 4) is 11.5 Å². The standard InChI is InChI=1S/C34H44ClN3O2/c1-4-7-23-38-33-26-31(39-24-8-22-37(5-2)6-3)18-19-32(33)36-34(38)20-13-27-11-16-30(17-12-27)40-25-21-28-9-14-29(35)15-10-28/h9-12,14-19,26H,4-8,13,20-25H2,1-3H3. The molecule has 0 bridgehead atoms. The lowest BCUT2D eigenvalue weighted by atomic mass is 10.1. The molecule has 1 aromatic heterocycles. The number of hydrogen-bond donors (Lipinski definition) is 0. The van der Waals surface area contributed by atoms with Crippen LogP contribution in [0.4, 0.5) is 0 Å². The topological polar surface area (TPSA) is 39.5 Å². The first-order chi connectivity index (χ1) is 19.6. The number of halogens is 1. The summed E-state index contributed by atoms with van der Waals surface area (Å²) in [6, 6.07) is 22.8. The maximum absolute atomic E-state index is 6.14. The van der Waals surface area contributed by atoms with Crippen LogP contribution in [0.15, 0.2) is 66.7 Å². The summed E-state index contributed by atoms with van der Waals surface area (Å²) >= 11 is 5.97. The number of aryl methyl sites for hydroxylation is 3. The molecule has 0 amide bonds. The number of aromatic nitrogens is 2. The van der Waals surface area contributed by atoms with E-state index in [2.05, 4.69) is 72.7 Å². The van der Waals surface area contributed by atoms with Crippen LogP contribution < -0.4 is 9.47 Å². The Labute approximate surface area is 245 Å². The van der Waals surface area contributed by atoms with E-state index in [9.17, 15) is 0 Å². The van der Waals surface area contributed by atoms with Crippen molar-refractivity contribution in [2.24, 2.45) is 0 Å². The molecule has 0 unspecified atom stereocenters. The van der Waals surface area contributed by atoms with Crippen LogP contribution in [0.2, 0.25) is 5.02 Å². The number of hydrogen-bond acceptors (Lipinski definition) is 4. The molecule has 0 aliphatic carbocycles. The Balaban J connectivity index is 1.34. The van der Waals surface area contributed by atoms with Crippen molar-refractivity contribution < 1.29 is 9.47 Å². The Kier molecular flexibility index (Phi) is 11.7. The maximum Gasteiger partial charge on any atom is 0.121 e. The van der Waals surface area contributed by atoms with Crippen molar-refractivity contribution >= 4 is 22.6 Å². The Bertz CT molecular complexity index is 1300. The molecule has 0 saturated carbocycles. The van der Waals surface area contributed by atoms with E-state index in [1.807, 2.05) is 24.3 Å². The third-order valence-electron chi connectivity index (χ3n) is 7.45. The van der Waals surface area contributed by atoms with E-state index >= 15 is 0 Å². The molecule has 0 radical (unpaired) electrons. The fourth-order valence-corrected chi connectivity index (χ4v) is 5.09. The van der Waals surface area contributed by atoms with Gasteiger partial charge in [0, 0.05) is 37.0 Å². The minimum Gasteiger partial charge on any atom is -0.493 e. The van der Waals surface area contributed by atoms with Gasteiger partial charge in [-0.1, -0.05) is 63.1 Å². The molecular formula is C34H44ClN3O2. The fraction of sp³-hybridized carbons (Fsp3) is 0.441. The van der Waals surface area contributed by atoms with Crippen LogP contribution in [0.3, 0.4) is 0 Å². The molecule has 0 fully saturated rings. The Morgan fingerprint density at radius 2 is 1.43 bits per heavy atom. The van der Waals surface area contributed by atoms with Crippen molar-refractivity contribution in [3.05, 3.63) is 88.7 Å². The minimum absolute atomic E-state index is 0.643. The number of imidazole rings is 1. The lowest BCUT2D eigenvalue weighted by Gasteiger charge is -2.17. The van der Waals surface area contributed by atoms with Crippen LogP contribution in [-0.4, -0.2) is 47.3 Å². The molecule has 6 heteroatoms. The van der Waals surface area contributed by atoms with Gasteiger partial charge in [0.1, 0.15) is 17.3 Å². The molecule has 0 aliphatic rings. The Morgan fingerprint density at radius 1 is 0.750 bits per heavy atom. The highest BCUT2D eigenvalue weighted by Crippen LogP contribution is 2.24. The number of nitrogens with zero attached hydrogens (tertiary/aromatic N) is 3. The molecule has 40 heavy (non-hydrogen) atoms. The van der Waals surface area contributed by atoms with E-state index in [1.54, 1.807) is 0 Å². The average molecular weight is 562 g/mol. The second-order valence-corrected chi connectivity index (χ2v) is 10.7. The Hall–Kier alpha value is -3.02. The monoisotopic (exact) mass is 561 g/mol. The van der Waals surface area contributed by atoms with Crippen molar-refractivity contribution in [2.45, 2.75) is 65.8 Å². The number of rotatable bonds is 17. The number of benzene rings is 3. The van der Waals surface area contributed by atoms with Gasteiger partial charge in [-0.3, -0.25) is 0 Å². The van der Waals surface area contributed by atoms with Gasteiger partial charge in [0.15, 0.2) is 0 Å². The first-order valence-corrected chi connectivity index (χ1v) is 15.3. The van der Waals surface area contributed by atoms with Crippen molar-refractivity contribution in [1.82, 2.24) is 14.5 Å². The molecule has 5 nitrogen and oxygen atoms in total. The van der Waals surface area contributed by atoms with Crippen LogP contribution in [0.5, 0.6) is 11.5 Å². The Morgan fingerprint density at radius 3 is 2.15 bits per heavy atom. The molecule has 3 aromatic carbocycles. The first-order valence-electron chi connectivity index (χ1n) is 14.9. The minimum atomic E-state index is 0.643. The van der Waals surface area contributed by atoms with Crippen molar-refractivity contribution in [3.63, 3.8) is 0 Å². The molecule has 0 saturated heterocycles. The zero-order valence-corrected chi connectivity index (χ0v) is 25.1. The second kappa shape index (κ2) is 15.7. The molecule has 0 N–H and O–H groups in total. The third-order valence-corrected chi connectivity index (χ3v) is 7.70. The zero-order valence-electron chi connectivity index (χ0n) is 24.4. The number of fused-ring (bicyclic) bond motifs is 1. The third kappa shape index (κ3) is 8.74. The predicted molar refractivity (Wildman–Crippen MR) is 167 cm³/mol. The van der Waals surface area contributed by atoms with E-state index in [-0.39, 0.29) is 0 Å². The number of ether oxygens (including phenoxy) is 2. The summed E-state index contributed by atoms with van der Waals surface area (Å²) in [5.74, 6) is 2.98. The molecule has 1 heterocycles.